The minimum absolute atomic E-state index is 1.10. The zero-order chi connectivity index (χ0) is 62.7. The molecule has 0 N–H and O–H groups in total. The first kappa shape index (κ1) is 59.5. The van der Waals surface area contributed by atoms with E-state index in [4.69, 9.17) is 0 Å². The van der Waals surface area contributed by atoms with Crippen LogP contribution in [0.2, 0.25) is 0 Å². The van der Waals surface area contributed by atoms with Gasteiger partial charge in [-0.15, -0.1) is 0 Å². The van der Waals surface area contributed by atoms with Crippen LogP contribution in [0.5, 0.6) is 0 Å². The summed E-state index contributed by atoms with van der Waals surface area (Å²) >= 11 is 0. The van der Waals surface area contributed by atoms with Gasteiger partial charge in [0.2, 0.25) is 0 Å². The number of aryl methyl sites for hydroxylation is 6. The van der Waals surface area contributed by atoms with E-state index in [0.717, 1.165) is 47.0 Å². The number of anilines is 6. The van der Waals surface area contributed by atoms with E-state index >= 15 is 0 Å². The molecule has 0 fully saturated rings. The third kappa shape index (κ3) is 11.9. The van der Waals surface area contributed by atoms with Gasteiger partial charge >= 0.3 is 0 Å². The van der Waals surface area contributed by atoms with Crippen molar-refractivity contribution in [3.05, 3.63) is 300 Å². The van der Waals surface area contributed by atoms with Crippen LogP contribution in [0.25, 0.3) is 88.4 Å². The Hall–Kier alpha value is -10.2. The molecule has 0 saturated heterocycles. The Bertz CT molecular complexity index is 4490. The van der Waals surface area contributed by atoms with Crippen molar-refractivity contribution in [1.29, 1.82) is 0 Å². The van der Waals surface area contributed by atoms with Crippen LogP contribution in [0.15, 0.2) is 267 Å². The first-order chi connectivity index (χ1) is 45.2. The molecule has 0 aliphatic carbocycles. The topological polar surface area (TPSA) is 16.3 Å². The third-order valence-electron chi connectivity index (χ3n) is 19.0. The van der Waals surface area contributed by atoms with Gasteiger partial charge in [-0.05, 0) is 231 Å². The van der Waals surface area contributed by atoms with Crippen molar-refractivity contribution in [2.75, 3.05) is 9.80 Å². The molecule has 0 bridgehead atoms. The Morgan fingerprint density at radius 2 is 0.554 bits per heavy atom. The van der Waals surface area contributed by atoms with Crippen LogP contribution in [0.1, 0.15) is 98.6 Å². The predicted molar refractivity (Wildman–Crippen MR) is 395 cm³/mol. The van der Waals surface area contributed by atoms with Crippen molar-refractivity contribution in [1.82, 2.24) is 9.13 Å². The van der Waals surface area contributed by atoms with E-state index < -0.39 is 0 Å². The van der Waals surface area contributed by atoms with Crippen molar-refractivity contribution in [2.24, 2.45) is 0 Å². The smallest absolute Gasteiger partial charge is 0.0542 e. The molecule has 0 unspecified atom stereocenters. The number of aromatic nitrogens is 2. The Morgan fingerprint density at radius 3 is 0.880 bits per heavy atom. The summed E-state index contributed by atoms with van der Waals surface area (Å²) in [5.41, 5.74) is 28.7. The number of rotatable bonds is 21. The van der Waals surface area contributed by atoms with Gasteiger partial charge in [-0.3, -0.25) is 0 Å². The summed E-state index contributed by atoms with van der Waals surface area (Å²) < 4.78 is 4.96. The Morgan fingerprint density at radius 1 is 0.261 bits per heavy atom. The van der Waals surface area contributed by atoms with Gasteiger partial charge in [0.15, 0.2) is 0 Å². The highest BCUT2D eigenvalue weighted by Gasteiger charge is 2.23. The molecular weight excluding hydrogens is 1110 g/mol. The summed E-state index contributed by atoms with van der Waals surface area (Å²) in [5.74, 6) is 0. The summed E-state index contributed by atoms with van der Waals surface area (Å²) in [5, 5.41) is 4.84. The van der Waals surface area contributed by atoms with Gasteiger partial charge in [-0.25, -0.2) is 0 Å². The van der Waals surface area contributed by atoms with E-state index in [-0.39, 0.29) is 0 Å². The lowest BCUT2D eigenvalue weighted by molar-refractivity contribution is 0.667. The van der Waals surface area contributed by atoms with Crippen molar-refractivity contribution in [3.8, 4) is 44.8 Å². The maximum absolute atomic E-state index is 2.48. The number of unbranched alkanes of at least 4 members (excludes halogenated alkanes) is 6. The number of hydrogen-bond donors (Lipinski definition) is 0. The fourth-order valence-corrected chi connectivity index (χ4v) is 13.9. The summed E-state index contributed by atoms with van der Waals surface area (Å²) in [6.45, 7) is 13.2. The molecule has 0 radical (unpaired) electrons. The average Bonchev–Trinajstić information content (AvgIpc) is 1.58. The van der Waals surface area contributed by atoms with Crippen molar-refractivity contribution >= 4 is 77.7 Å². The van der Waals surface area contributed by atoms with Crippen molar-refractivity contribution in [3.63, 3.8) is 0 Å². The molecule has 0 atom stereocenters. The van der Waals surface area contributed by atoms with Crippen LogP contribution in [-0.4, -0.2) is 9.13 Å². The second-order valence-electron chi connectivity index (χ2n) is 25.6. The molecule has 0 saturated carbocycles. The number of fused-ring (bicyclic) bond motifs is 6. The summed E-state index contributed by atoms with van der Waals surface area (Å²) in [6.07, 6.45) is 12.3. The fraction of sp³-hybridized carbons (Fsp3) is 0.182. The van der Waals surface area contributed by atoms with E-state index in [1.165, 1.54) is 173 Å². The van der Waals surface area contributed by atoms with Crippen molar-refractivity contribution < 1.29 is 0 Å². The molecule has 454 valence electrons. The molecule has 14 aromatic rings. The van der Waals surface area contributed by atoms with Gasteiger partial charge in [-0.1, -0.05) is 208 Å². The molecule has 0 amide bonds. The zero-order valence-corrected chi connectivity index (χ0v) is 54.3. The number of benzene rings is 12. The molecule has 2 heterocycles. The molecule has 4 nitrogen and oxygen atoms in total. The SMILES string of the molecule is CCCCCCc1ccc(-n2c3ccc(-c4ccccc4-c4ccccc4-c4ccc5c(c4)c4cc(N(c6ccc(C)cc6)c6ccc(C)cc6)ccc4n5-c4ccc(CCCCCC)cc4)cc3c3cc(N(c4ccc(C)cc4)c4ccc(C)cc4)ccc32)cc1. The molecule has 14 rings (SSSR count). The molecule has 0 aliphatic rings. The second kappa shape index (κ2) is 26.4. The predicted octanol–water partition coefficient (Wildman–Crippen LogP) is 25.3. The van der Waals surface area contributed by atoms with Crippen LogP contribution in [0.3, 0.4) is 0 Å². The molecule has 0 spiro atoms. The van der Waals surface area contributed by atoms with E-state index in [2.05, 4.69) is 327 Å². The molecule has 0 aliphatic heterocycles. The number of nitrogens with zero attached hydrogens (tertiary/aromatic N) is 4. The minimum Gasteiger partial charge on any atom is -0.310 e. The van der Waals surface area contributed by atoms with E-state index in [9.17, 15) is 0 Å². The van der Waals surface area contributed by atoms with Gasteiger partial charge in [0.05, 0.1) is 22.1 Å². The first-order valence-corrected chi connectivity index (χ1v) is 33.6. The Labute approximate surface area is 544 Å². The lowest BCUT2D eigenvalue weighted by atomic mass is 9.88. The summed E-state index contributed by atoms with van der Waals surface area (Å²) in [7, 11) is 0. The van der Waals surface area contributed by atoms with Gasteiger partial charge in [-0.2, -0.15) is 0 Å². The van der Waals surface area contributed by atoms with E-state index in [0.29, 0.717) is 0 Å². The number of hydrogen-bond acceptors (Lipinski definition) is 2. The monoisotopic (exact) mass is 1190 g/mol. The van der Waals surface area contributed by atoms with Crippen LogP contribution < -0.4 is 9.80 Å². The first-order valence-electron chi connectivity index (χ1n) is 33.6. The molecule has 2 aromatic heterocycles. The third-order valence-corrected chi connectivity index (χ3v) is 19.0. The highest BCUT2D eigenvalue weighted by molar-refractivity contribution is 6.14. The van der Waals surface area contributed by atoms with Crippen LogP contribution >= 0.6 is 0 Å². The fourth-order valence-electron chi connectivity index (χ4n) is 13.9. The van der Waals surface area contributed by atoms with Crippen LogP contribution in [-0.2, 0) is 12.8 Å². The maximum atomic E-state index is 2.48. The van der Waals surface area contributed by atoms with E-state index in [1.807, 2.05) is 0 Å². The zero-order valence-electron chi connectivity index (χ0n) is 54.3. The molecular formula is C88H82N4. The molecule has 4 heteroatoms. The summed E-state index contributed by atoms with van der Waals surface area (Å²) in [6, 6.07) is 101. The molecule has 92 heavy (non-hydrogen) atoms. The van der Waals surface area contributed by atoms with Crippen LogP contribution in [0, 0.1) is 27.7 Å². The largest absolute Gasteiger partial charge is 0.310 e. The highest BCUT2D eigenvalue weighted by atomic mass is 15.1. The van der Waals surface area contributed by atoms with Crippen molar-refractivity contribution in [2.45, 2.75) is 106 Å². The highest BCUT2D eigenvalue weighted by Crippen LogP contribution is 2.46. The van der Waals surface area contributed by atoms with Gasteiger partial charge in [0.1, 0.15) is 0 Å². The average molecular weight is 1200 g/mol. The van der Waals surface area contributed by atoms with Crippen LogP contribution in [0.4, 0.5) is 34.1 Å². The lowest BCUT2D eigenvalue weighted by Crippen LogP contribution is -2.10. The second-order valence-corrected chi connectivity index (χ2v) is 25.6. The summed E-state index contributed by atoms with van der Waals surface area (Å²) in [4.78, 5) is 4.80. The van der Waals surface area contributed by atoms with Gasteiger partial charge in [0, 0.05) is 67.0 Å². The normalized spacial score (nSPS) is 11.6. The lowest BCUT2D eigenvalue weighted by Gasteiger charge is -2.26. The molecule has 12 aromatic carbocycles. The van der Waals surface area contributed by atoms with Gasteiger partial charge in [0.25, 0.3) is 0 Å². The Balaban J connectivity index is 0.909. The van der Waals surface area contributed by atoms with E-state index in [1.54, 1.807) is 0 Å². The van der Waals surface area contributed by atoms with Gasteiger partial charge < -0.3 is 18.9 Å². The minimum atomic E-state index is 1.10. The maximum Gasteiger partial charge on any atom is 0.0542 e. The quantitative estimate of drug-likeness (QED) is 0.0667. The standard InChI is InChI=1S/C88H82N4/c1-7-9-11-13-19-65-33-47-73(48-34-65)91-85-53-37-67(57-81(85)83-59-75(51-55-87(83)91)89(69-39-25-61(3)26-40-69)70-41-27-62(4)28-42-70)77-21-15-17-23-79(77)80-24-18-16-22-78(80)68-38-54-86-82(58-68)84-60-76(90(71-43-29-63(5)30-44-71)72-45-31-64(6)32-46-72)52-56-88(84)92(86)74-49-35-66(36-50-74)20-14-12-10-8-2/h15-18,21-60H,7-14,19-20H2,1-6H3. The Kier molecular flexibility index (Phi) is 17.0.